The molecule has 12 bridgehead atoms. The van der Waals surface area contributed by atoms with Crippen LogP contribution in [0.4, 0.5) is 17.1 Å². The van der Waals surface area contributed by atoms with Gasteiger partial charge in [-0.1, -0.05) is 127 Å². The van der Waals surface area contributed by atoms with Crippen LogP contribution in [0, 0.1) is 0 Å². The number of fused-ring (bicyclic) bond motifs is 15. The second-order valence-corrected chi connectivity index (χ2v) is 16.0. The first kappa shape index (κ1) is 29.5. The number of anilines is 3. The summed E-state index contributed by atoms with van der Waals surface area (Å²) in [6.45, 7) is 0. The highest BCUT2D eigenvalue weighted by molar-refractivity contribution is 6.24. The maximum atomic E-state index is 2.60. The number of hydrogen-bond donors (Lipinski definition) is 0. The van der Waals surface area contributed by atoms with Crippen molar-refractivity contribution in [2.45, 2.75) is 0 Å². The smallest absolute Gasteiger partial charge is 0.0782 e. The number of benzene rings is 9. The number of nitrogens with zero attached hydrogens (tertiary/aromatic N) is 4. The summed E-state index contributed by atoms with van der Waals surface area (Å²) >= 11 is 0. The summed E-state index contributed by atoms with van der Waals surface area (Å²) in [4.78, 5) is 2.60. The molecule has 12 aromatic rings. The predicted molar refractivity (Wildman–Crippen MR) is 241 cm³/mol. The van der Waals surface area contributed by atoms with Crippen molar-refractivity contribution in [2.75, 3.05) is 4.90 Å². The molecule has 58 heavy (non-hydrogen) atoms. The lowest BCUT2D eigenvalue weighted by Gasteiger charge is -2.35. The molecule has 0 unspecified atom stereocenters. The Morgan fingerprint density at radius 2 is 0.517 bits per heavy atom. The van der Waals surface area contributed by atoms with Crippen LogP contribution >= 0.6 is 0 Å². The third kappa shape index (κ3) is 3.27. The van der Waals surface area contributed by atoms with Crippen LogP contribution in [0.1, 0.15) is 0 Å². The highest BCUT2D eigenvalue weighted by Gasteiger charge is 2.35. The normalized spacial score (nSPS) is 12.8. The monoisotopic (exact) mass is 734 g/mol. The first-order chi connectivity index (χ1) is 28.8. The SMILES string of the molecule is c1cc2c(c(N(c3cccc4c3-n3c5ccccc5c5c-4cccc53)c3cccc4c3-n3c5ccccc5c5c-4cccc53)c1)-n1c3ccccc3c3c-2cccc31. The van der Waals surface area contributed by atoms with Crippen LogP contribution in [0.5, 0.6) is 0 Å². The van der Waals surface area contributed by atoms with E-state index in [-0.39, 0.29) is 0 Å². The van der Waals surface area contributed by atoms with Crippen molar-refractivity contribution >= 4 is 82.5 Å². The van der Waals surface area contributed by atoms with E-state index in [2.05, 4.69) is 201 Å². The topological polar surface area (TPSA) is 18.0 Å². The van der Waals surface area contributed by atoms with Crippen LogP contribution in [-0.2, 0) is 0 Å². The quantitative estimate of drug-likeness (QED) is 0.177. The molecule has 4 nitrogen and oxygen atoms in total. The van der Waals surface area contributed by atoms with Crippen molar-refractivity contribution < 1.29 is 0 Å². The molecule has 3 aliphatic rings. The minimum atomic E-state index is 1.14. The Morgan fingerprint density at radius 3 is 0.862 bits per heavy atom. The Bertz CT molecular complexity index is 3440. The zero-order chi connectivity index (χ0) is 37.4. The molecule has 9 aromatic carbocycles. The van der Waals surface area contributed by atoms with Crippen LogP contribution < -0.4 is 4.90 Å². The first-order valence-corrected chi connectivity index (χ1v) is 20.1. The summed E-state index contributed by atoms with van der Waals surface area (Å²) in [6.07, 6.45) is 0. The van der Waals surface area contributed by atoms with Gasteiger partial charge in [0.15, 0.2) is 0 Å². The Hall–Kier alpha value is -7.82. The van der Waals surface area contributed by atoms with Gasteiger partial charge in [0, 0.05) is 49.0 Å². The van der Waals surface area contributed by atoms with Crippen LogP contribution in [0.3, 0.4) is 0 Å². The van der Waals surface area contributed by atoms with Crippen molar-refractivity contribution in [3.8, 4) is 50.4 Å². The number of pyridine rings is 3. The average molecular weight is 735 g/mol. The molecular formula is C54H30N4. The molecular weight excluding hydrogens is 705 g/mol. The summed E-state index contributed by atoms with van der Waals surface area (Å²) in [5.74, 6) is 0. The molecule has 0 amide bonds. The lowest BCUT2D eigenvalue weighted by Crippen LogP contribution is -2.20. The van der Waals surface area contributed by atoms with Crippen LogP contribution in [0.2, 0.25) is 0 Å². The van der Waals surface area contributed by atoms with Gasteiger partial charge in [-0.25, -0.2) is 0 Å². The van der Waals surface area contributed by atoms with Crippen molar-refractivity contribution in [1.82, 2.24) is 13.7 Å². The molecule has 0 aliphatic carbocycles. The van der Waals surface area contributed by atoms with E-state index < -0.39 is 0 Å². The summed E-state index contributed by atoms with van der Waals surface area (Å²) in [5, 5.41) is 7.83. The molecule has 0 saturated heterocycles. The maximum Gasteiger partial charge on any atom is 0.0782 e. The van der Waals surface area contributed by atoms with Gasteiger partial charge < -0.3 is 18.6 Å². The molecule has 0 atom stereocenters. The highest BCUT2D eigenvalue weighted by Crippen LogP contribution is 2.57. The summed E-state index contributed by atoms with van der Waals surface area (Å²) in [5.41, 5.74) is 22.0. The molecule has 0 fully saturated rings. The second-order valence-electron chi connectivity index (χ2n) is 16.0. The van der Waals surface area contributed by atoms with Gasteiger partial charge in [0.2, 0.25) is 0 Å². The minimum absolute atomic E-state index is 1.14. The van der Waals surface area contributed by atoms with Gasteiger partial charge in [0.05, 0.1) is 67.2 Å². The molecule has 0 radical (unpaired) electrons. The van der Waals surface area contributed by atoms with E-state index in [0.717, 1.165) is 17.1 Å². The average Bonchev–Trinajstić information content (AvgIpc) is 3.81. The lowest BCUT2D eigenvalue weighted by atomic mass is 9.92. The molecule has 3 aliphatic heterocycles. The van der Waals surface area contributed by atoms with Gasteiger partial charge in [0.1, 0.15) is 0 Å². The molecule has 4 heteroatoms. The predicted octanol–water partition coefficient (Wildman–Crippen LogP) is 14.4. The van der Waals surface area contributed by atoms with E-state index in [4.69, 9.17) is 0 Å². The van der Waals surface area contributed by atoms with E-state index in [1.807, 2.05) is 0 Å². The summed E-state index contributed by atoms with van der Waals surface area (Å²) < 4.78 is 7.58. The van der Waals surface area contributed by atoms with E-state index in [1.165, 1.54) is 116 Å². The Kier molecular flexibility index (Phi) is 5.14. The third-order valence-electron chi connectivity index (χ3n) is 13.4. The van der Waals surface area contributed by atoms with E-state index in [9.17, 15) is 0 Å². The Balaban J connectivity index is 1.13. The van der Waals surface area contributed by atoms with E-state index >= 15 is 0 Å². The number of aromatic nitrogens is 3. The fourth-order valence-electron chi connectivity index (χ4n) is 11.3. The molecule has 0 N–H and O–H groups in total. The first-order valence-electron chi connectivity index (χ1n) is 20.1. The van der Waals surface area contributed by atoms with Gasteiger partial charge in [-0.2, -0.15) is 0 Å². The van der Waals surface area contributed by atoms with Crippen molar-refractivity contribution in [3.63, 3.8) is 0 Å². The maximum absolute atomic E-state index is 2.60. The zero-order valence-electron chi connectivity index (χ0n) is 31.1. The van der Waals surface area contributed by atoms with Crippen LogP contribution in [-0.4, -0.2) is 13.7 Å². The molecule has 6 heterocycles. The zero-order valence-corrected chi connectivity index (χ0v) is 31.1. The van der Waals surface area contributed by atoms with Crippen molar-refractivity contribution in [2.24, 2.45) is 0 Å². The molecule has 266 valence electrons. The summed E-state index contributed by atoms with van der Waals surface area (Å²) in [7, 11) is 0. The van der Waals surface area contributed by atoms with Gasteiger partial charge in [-0.3, -0.25) is 0 Å². The molecule has 0 spiro atoms. The number of hydrogen-bond acceptors (Lipinski definition) is 1. The van der Waals surface area contributed by atoms with Gasteiger partial charge in [-0.05, 0) is 71.3 Å². The standard InChI is InChI=1S/C54H30N4/c1-4-22-40-37(13-1)49-31-16-7-25-43(49)56(40)52-34(31)19-10-28-46(52)55(47-29-11-20-35-32-17-8-26-44-50(32)38-14-2-5-23-41(38)57(44)53(35)47)48-30-12-21-36-33-18-9-27-45-51(33)39-15-3-6-24-42(39)58(45)54(36)48/h1-30H. The Labute approximate surface area is 332 Å². The number of para-hydroxylation sites is 6. The fraction of sp³-hybridized carbons (Fsp3) is 0. The minimum Gasteiger partial charge on any atom is -0.307 e. The molecule has 15 rings (SSSR count). The van der Waals surface area contributed by atoms with Crippen LogP contribution in [0.15, 0.2) is 182 Å². The summed E-state index contributed by atoms with van der Waals surface area (Å²) in [6, 6.07) is 68.0. The highest BCUT2D eigenvalue weighted by atomic mass is 15.2. The van der Waals surface area contributed by atoms with E-state index in [1.54, 1.807) is 0 Å². The van der Waals surface area contributed by atoms with Crippen molar-refractivity contribution in [1.29, 1.82) is 0 Å². The Morgan fingerprint density at radius 1 is 0.241 bits per heavy atom. The van der Waals surface area contributed by atoms with Crippen molar-refractivity contribution in [3.05, 3.63) is 182 Å². The lowest BCUT2D eigenvalue weighted by molar-refractivity contribution is 1.10. The molecule has 3 aromatic heterocycles. The van der Waals surface area contributed by atoms with E-state index in [0.29, 0.717) is 0 Å². The van der Waals surface area contributed by atoms with Gasteiger partial charge in [0.25, 0.3) is 0 Å². The largest absolute Gasteiger partial charge is 0.307 e. The molecule has 0 saturated carbocycles. The van der Waals surface area contributed by atoms with Gasteiger partial charge >= 0.3 is 0 Å². The second kappa shape index (κ2) is 10.1. The number of rotatable bonds is 3. The van der Waals surface area contributed by atoms with Crippen LogP contribution in [0.25, 0.3) is 116 Å². The third-order valence-corrected chi connectivity index (χ3v) is 13.4. The fourth-order valence-corrected chi connectivity index (χ4v) is 11.3. The van der Waals surface area contributed by atoms with Gasteiger partial charge in [-0.15, -0.1) is 0 Å².